The normalized spacial score (nSPS) is 20.3. The maximum Gasteiger partial charge on any atom is 0.0823 e. The number of carbonyl (C=O) groups is 1. The van der Waals surface area contributed by atoms with Crippen molar-refractivity contribution in [2.45, 2.75) is 32.1 Å². The highest BCUT2D eigenvalue weighted by Gasteiger charge is 2.10. The van der Waals surface area contributed by atoms with Gasteiger partial charge in [-0.2, -0.15) is 0 Å². The van der Waals surface area contributed by atoms with Gasteiger partial charge in [0.1, 0.15) is 0 Å². The first kappa shape index (κ1) is 9.52. The van der Waals surface area contributed by atoms with Crippen molar-refractivity contribution in [2.75, 3.05) is 19.6 Å². The number of hydrogen-bond acceptors (Lipinski definition) is 2. The third-order valence-corrected chi connectivity index (χ3v) is 2.49. The quantitative estimate of drug-likeness (QED) is 0.567. The van der Waals surface area contributed by atoms with Crippen LogP contribution in [0.3, 0.4) is 0 Å². The Balaban J connectivity index is 2.16. The molecule has 0 amide bonds. The number of quaternary nitrogens is 1. The molecule has 1 heterocycles. The van der Waals surface area contributed by atoms with E-state index in [1.165, 1.54) is 30.6 Å². The number of carboxylic acid groups (broad SMARTS) is 1. The Morgan fingerprint density at radius 2 is 1.75 bits per heavy atom. The highest BCUT2D eigenvalue weighted by molar-refractivity contribution is 5.64. The van der Waals surface area contributed by atoms with Crippen LogP contribution in [0.15, 0.2) is 0 Å². The van der Waals surface area contributed by atoms with Gasteiger partial charge in [0, 0.05) is 12.4 Å². The lowest BCUT2D eigenvalue weighted by atomic mass is 10.2. The molecular formula is C9H17NO2. The van der Waals surface area contributed by atoms with Crippen LogP contribution >= 0.6 is 0 Å². The third-order valence-electron chi connectivity index (χ3n) is 2.49. The number of carbonyl (C=O) groups excluding carboxylic acids is 1. The Kier molecular flexibility index (Phi) is 4.08. The van der Waals surface area contributed by atoms with E-state index in [0.29, 0.717) is 0 Å². The molecule has 0 radical (unpaired) electrons. The van der Waals surface area contributed by atoms with Crippen LogP contribution in [0.5, 0.6) is 0 Å². The van der Waals surface area contributed by atoms with Crippen molar-refractivity contribution in [3.8, 4) is 0 Å². The molecule has 1 fully saturated rings. The summed E-state index contributed by atoms with van der Waals surface area (Å²) in [6.07, 6.45) is 5.35. The molecule has 3 nitrogen and oxygen atoms in total. The zero-order valence-electron chi connectivity index (χ0n) is 7.47. The fourth-order valence-corrected chi connectivity index (χ4v) is 1.76. The molecule has 0 bridgehead atoms. The molecule has 1 saturated heterocycles. The molecule has 0 aromatic carbocycles. The Bertz CT molecular complexity index is 139. The van der Waals surface area contributed by atoms with Gasteiger partial charge in [-0.05, 0) is 25.7 Å². The van der Waals surface area contributed by atoms with Crippen LogP contribution in [0, 0.1) is 0 Å². The van der Waals surface area contributed by atoms with Gasteiger partial charge >= 0.3 is 0 Å². The van der Waals surface area contributed by atoms with Gasteiger partial charge in [0.05, 0.1) is 19.6 Å². The maximum absolute atomic E-state index is 10.2. The van der Waals surface area contributed by atoms with Crippen molar-refractivity contribution >= 4 is 5.97 Å². The van der Waals surface area contributed by atoms with Gasteiger partial charge < -0.3 is 14.8 Å². The number of aliphatic carboxylic acids is 1. The van der Waals surface area contributed by atoms with Crippen molar-refractivity contribution in [2.24, 2.45) is 0 Å². The Hall–Kier alpha value is -0.570. The van der Waals surface area contributed by atoms with E-state index in [1.807, 2.05) is 0 Å². The summed E-state index contributed by atoms with van der Waals surface area (Å²) in [6, 6.07) is 0. The average molecular weight is 171 g/mol. The van der Waals surface area contributed by atoms with Crippen LogP contribution in [-0.2, 0) is 4.79 Å². The summed E-state index contributed by atoms with van der Waals surface area (Å²) in [5, 5.41) is 10.2. The van der Waals surface area contributed by atoms with E-state index in [-0.39, 0.29) is 6.42 Å². The zero-order valence-corrected chi connectivity index (χ0v) is 7.47. The molecule has 0 spiro atoms. The summed E-state index contributed by atoms with van der Waals surface area (Å²) in [5.74, 6) is -0.910. The van der Waals surface area contributed by atoms with Crippen molar-refractivity contribution in [1.82, 2.24) is 0 Å². The molecule has 0 aromatic rings. The molecule has 1 aliphatic heterocycles. The smallest absolute Gasteiger partial charge is 0.0823 e. The zero-order chi connectivity index (χ0) is 8.81. The van der Waals surface area contributed by atoms with Gasteiger partial charge in [-0.3, -0.25) is 0 Å². The number of nitrogens with one attached hydrogen (secondary N) is 1. The average Bonchev–Trinajstić information content (AvgIpc) is 2.28. The molecule has 70 valence electrons. The van der Waals surface area contributed by atoms with Gasteiger partial charge in [0.15, 0.2) is 0 Å². The molecule has 12 heavy (non-hydrogen) atoms. The molecular weight excluding hydrogens is 154 g/mol. The molecule has 1 N–H and O–H groups in total. The van der Waals surface area contributed by atoms with Gasteiger partial charge in [0.25, 0.3) is 0 Å². The summed E-state index contributed by atoms with van der Waals surface area (Å²) in [4.78, 5) is 11.6. The first-order valence-corrected chi connectivity index (χ1v) is 4.82. The summed E-state index contributed by atoms with van der Waals surface area (Å²) in [6.45, 7) is 3.04. The minimum Gasteiger partial charge on any atom is -0.550 e. The molecule has 0 unspecified atom stereocenters. The predicted molar refractivity (Wildman–Crippen MR) is 43.7 cm³/mol. The molecule has 0 aliphatic carbocycles. The van der Waals surface area contributed by atoms with E-state index < -0.39 is 5.97 Å². The van der Waals surface area contributed by atoms with Crippen LogP contribution in [-0.4, -0.2) is 25.6 Å². The minimum atomic E-state index is -0.910. The minimum absolute atomic E-state index is 0.218. The third kappa shape index (κ3) is 3.72. The standard InChI is InChI=1S/C9H17NO2/c11-9(12)5-8-10-6-3-1-2-4-7-10/h1-8H2,(H,11,12). The number of rotatable bonds is 3. The van der Waals surface area contributed by atoms with Crippen molar-refractivity contribution in [1.29, 1.82) is 0 Å². The lowest BCUT2D eigenvalue weighted by molar-refractivity contribution is -0.898. The largest absolute Gasteiger partial charge is 0.550 e. The lowest BCUT2D eigenvalue weighted by Gasteiger charge is -2.16. The van der Waals surface area contributed by atoms with Gasteiger partial charge in [-0.15, -0.1) is 0 Å². The Labute approximate surface area is 73.4 Å². The summed E-state index contributed by atoms with van der Waals surface area (Å²) >= 11 is 0. The summed E-state index contributed by atoms with van der Waals surface area (Å²) < 4.78 is 0. The van der Waals surface area contributed by atoms with E-state index in [1.54, 1.807) is 0 Å². The summed E-state index contributed by atoms with van der Waals surface area (Å²) in [5.41, 5.74) is 0. The monoisotopic (exact) mass is 171 g/mol. The molecule has 1 aliphatic rings. The number of hydrogen-bond donors (Lipinski definition) is 1. The van der Waals surface area contributed by atoms with E-state index in [4.69, 9.17) is 0 Å². The van der Waals surface area contributed by atoms with E-state index in [2.05, 4.69) is 0 Å². The van der Waals surface area contributed by atoms with Crippen LogP contribution in [0.2, 0.25) is 0 Å². The molecule has 0 saturated carbocycles. The fourth-order valence-electron chi connectivity index (χ4n) is 1.76. The maximum atomic E-state index is 10.2. The van der Waals surface area contributed by atoms with Crippen LogP contribution in [0.1, 0.15) is 32.1 Å². The van der Waals surface area contributed by atoms with E-state index >= 15 is 0 Å². The second-order valence-electron chi connectivity index (χ2n) is 3.54. The Morgan fingerprint density at radius 3 is 2.25 bits per heavy atom. The number of likely N-dealkylation sites (tertiary alicyclic amines) is 1. The highest BCUT2D eigenvalue weighted by atomic mass is 16.4. The predicted octanol–water partition coefficient (Wildman–Crippen LogP) is -1.41. The van der Waals surface area contributed by atoms with Gasteiger partial charge in [-0.25, -0.2) is 0 Å². The topological polar surface area (TPSA) is 44.6 Å². The van der Waals surface area contributed by atoms with Gasteiger partial charge in [-0.1, -0.05) is 0 Å². The van der Waals surface area contributed by atoms with Crippen LogP contribution < -0.4 is 10.0 Å². The van der Waals surface area contributed by atoms with Crippen molar-refractivity contribution in [3.05, 3.63) is 0 Å². The van der Waals surface area contributed by atoms with Crippen molar-refractivity contribution in [3.63, 3.8) is 0 Å². The van der Waals surface area contributed by atoms with E-state index in [0.717, 1.165) is 19.6 Å². The second kappa shape index (κ2) is 5.14. The molecule has 1 rings (SSSR count). The van der Waals surface area contributed by atoms with E-state index in [9.17, 15) is 9.90 Å². The highest BCUT2D eigenvalue weighted by Crippen LogP contribution is 1.99. The van der Waals surface area contributed by atoms with Crippen molar-refractivity contribution < 1.29 is 14.8 Å². The fraction of sp³-hybridized carbons (Fsp3) is 0.889. The first-order chi connectivity index (χ1) is 5.79. The Morgan fingerprint density at radius 1 is 1.17 bits per heavy atom. The SMILES string of the molecule is O=C([O-])CC[NH+]1CCCCCC1. The number of carboxylic acids is 1. The first-order valence-electron chi connectivity index (χ1n) is 4.82. The summed E-state index contributed by atoms with van der Waals surface area (Å²) in [7, 11) is 0. The van der Waals surface area contributed by atoms with Gasteiger partial charge in [0.2, 0.25) is 0 Å². The lowest BCUT2D eigenvalue weighted by Crippen LogP contribution is -3.12. The molecule has 0 atom stereocenters. The van der Waals surface area contributed by atoms with Crippen LogP contribution in [0.25, 0.3) is 0 Å². The molecule has 0 aromatic heterocycles. The second-order valence-corrected chi connectivity index (χ2v) is 3.54. The van der Waals surface area contributed by atoms with Crippen LogP contribution in [0.4, 0.5) is 0 Å². The molecule has 3 heteroatoms.